The highest BCUT2D eigenvalue weighted by Crippen LogP contribution is 2.30. The van der Waals surface area contributed by atoms with Crippen LogP contribution in [-0.2, 0) is 25.5 Å². The summed E-state index contributed by atoms with van der Waals surface area (Å²) in [7, 11) is 6.11. The molecule has 3 amide bonds. The summed E-state index contributed by atoms with van der Waals surface area (Å²) in [5.74, 6) is -0.919. The van der Waals surface area contributed by atoms with E-state index >= 15 is 0 Å². The number of benzene rings is 1. The van der Waals surface area contributed by atoms with Crippen LogP contribution in [0, 0.1) is 5.92 Å². The van der Waals surface area contributed by atoms with Gasteiger partial charge < -0.3 is 37.8 Å². The molecule has 0 spiro atoms. The number of rotatable bonds is 17. The molecular formula is C37H64ClN5O6. The average Bonchev–Trinajstić information content (AvgIpc) is 2.98. The molecule has 12 heteroatoms. The number of phenols is 1. The van der Waals surface area contributed by atoms with Gasteiger partial charge in [0, 0.05) is 19.4 Å². The molecule has 0 heterocycles. The van der Waals surface area contributed by atoms with Gasteiger partial charge in [-0.2, -0.15) is 0 Å². The van der Waals surface area contributed by atoms with Crippen LogP contribution in [-0.4, -0.2) is 90.7 Å². The SMILES string of the molecule is CC(C)c1cc(O)c(C(=O)OC(C)(C)C)cc1CC(N)C(=O)NCCC(=O)NN(CC[N+](C)(C)C)C(=O)CCCCCC1CCCCC1.[Cl-]. The molecule has 1 saturated carbocycles. The summed E-state index contributed by atoms with van der Waals surface area (Å²) in [5, 5.41) is 14.7. The summed E-state index contributed by atoms with van der Waals surface area (Å²) in [6.07, 6.45) is 11.4. The van der Waals surface area contributed by atoms with Crippen LogP contribution in [0.4, 0.5) is 0 Å². The van der Waals surface area contributed by atoms with Gasteiger partial charge in [0.2, 0.25) is 17.7 Å². The number of hydrazine groups is 1. The van der Waals surface area contributed by atoms with Crippen LogP contribution in [0.1, 0.15) is 133 Å². The molecule has 280 valence electrons. The van der Waals surface area contributed by atoms with Crippen molar-refractivity contribution in [1.82, 2.24) is 15.8 Å². The van der Waals surface area contributed by atoms with E-state index in [0.29, 0.717) is 29.6 Å². The van der Waals surface area contributed by atoms with Crippen LogP contribution < -0.4 is 28.9 Å². The minimum Gasteiger partial charge on any atom is -1.00 e. The van der Waals surface area contributed by atoms with Crippen molar-refractivity contribution >= 4 is 23.7 Å². The van der Waals surface area contributed by atoms with Gasteiger partial charge in [-0.1, -0.05) is 65.2 Å². The summed E-state index contributed by atoms with van der Waals surface area (Å²) < 4.78 is 6.09. The second kappa shape index (κ2) is 20.7. The molecule has 1 aromatic carbocycles. The van der Waals surface area contributed by atoms with Gasteiger partial charge in [-0.25, -0.2) is 9.80 Å². The number of phenolic OH excluding ortho intramolecular Hbond substituents is 1. The van der Waals surface area contributed by atoms with E-state index in [1.54, 1.807) is 20.8 Å². The lowest BCUT2D eigenvalue weighted by atomic mass is 9.85. The molecule has 5 N–H and O–H groups in total. The summed E-state index contributed by atoms with van der Waals surface area (Å²) in [6.45, 7) is 10.2. The number of ether oxygens (including phenoxy) is 1. The summed E-state index contributed by atoms with van der Waals surface area (Å²) in [5.41, 5.74) is 9.73. The normalized spacial score (nSPS) is 14.5. The molecule has 1 fully saturated rings. The zero-order valence-electron chi connectivity index (χ0n) is 31.3. The molecule has 1 atom stereocenters. The molecule has 1 unspecified atom stereocenters. The van der Waals surface area contributed by atoms with E-state index in [1.807, 2.05) is 35.0 Å². The molecule has 0 radical (unpaired) electrons. The van der Waals surface area contributed by atoms with Crippen molar-refractivity contribution in [2.24, 2.45) is 11.7 Å². The molecule has 0 bridgehead atoms. The first-order valence-electron chi connectivity index (χ1n) is 17.9. The number of nitrogens with one attached hydrogen (secondary N) is 2. The number of carbonyl (C=O) groups is 4. The number of carbonyl (C=O) groups excluding carboxylic acids is 4. The molecule has 49 heavy (non-hydrogen) atoms. The molecule has 0 saturated heterocycles. The Morgan fingerprint density at radius 3 is 2.27 bits per heavy atom. The zero-order chi connectivity index (χ0) is 36.1. The maximum atomic E-state index is 13.1. The average molecular weight is 710 g/mol. The topological polar surface area (TPSA) is 151 Å². The standard InChI is InChI=1S/C37H63N5O6.ClH/c1-26(2)29-25-32(43)30(36(47)48-37(3,4)5)23-28(29)24-31(38)35(46)39-20-19-33(44)40-41(21-22-42(6,7)8)34(45)18-14-10-13-17-27-15-11-9-12-16-27;/h23,25-27,31H,9-22,24,38H2,1-8H3,(H2-,39,40,43,44,46,47);1H. The van der Waals surface area contributed by atoms with Crippen molar-refractivity contribution in [3.8, 4) is 5.75 Å². The highest BCUT2D eigenvalue weighted by Gasteiger charge is 2.25. The summed E-state index contributed by atoms with van der Waals surface area (Å²) >= 11 is 0. The minimum atomic E-state index is -0.956. The Bertz CT molecular complexity index is 1220. The van der Waals surface area contributed by atoms with Gasteiger partial charge in [0.05, 0.1) is 40.3 Å². The Morgan fingerprint density at radius 2 is 1.67 bits per heavy atom. The lowest BCUT2D eigenvalue weighted by Crippen LogP contribution is -3.00. The van der Waals surface area contributed by atoms with E-state index in [0.717, 1.165) is 30.7 Å². The number of hydrogen-bond acceptors (Lipinski definition) is 7. The van der Waals surface area contributed by atoms with Gasteiger partial charge in [-0.3, -0.25) is 19.8 Å². The smallest absolute Gasteiger partial charge is 0.342 e. The van der Waals surface area contributed by atoms with Gasteiger partial charge in [0.15, 0.2) is 0 Å². The van der Waals surface area contributed by atoms with Crippen LogP contribution in [0.5, 0.6) is 5.75 Å². The largest absolute Gasteiger partial charge is 1.00 e. The van der Waals surface area contributed by atoms with Crippen molar-refractivity contribution in [1.29, 1.82) is 0 Å². The first-order valence-corrected chi connectivity index (χ1v) is 17.9. The Labute approximate surface area is 301 Å². The second-order valence-corrected chi connectivity index (χ2v) is 15.8. The van der Waals surface area contributed by atoms with E-state index in [1.165, 1.54) is 55.7 Å². The fourth-order valence-corrected chi connectivity index (χ4v) is 5.97. The molecule has 0 aromatic heterocycles. The number of amides is 3. The lowest BCUT2D eigenvalue weighted by molar-refractivity contribution is -0.869. The minimum absolute atomic E-state index is 0. The Kier molecular flexibility index (Phi) is 18.6. The number of hydrogen-bond donors (Lipinski definition) is 4. The quantitative estimate of drug-likeness (QED) is 0.0836. The number of halogens is 1. The van der Waals surface area contributed by atoms with Crippen LogP contribution in [0.3, 0.4) is 0 Å². The fourth-order valence-electron chi connectivity index (χ4n) is 5.97. The second-order valence-electron chi connectivity index (χ2n) is 15.8. The Morgan fingerprint density at radius 1 is 1.02 bits per heavy atom. The molecule has 0 aliphatic heterocycles. The third kappa shape index (κ3) is 17.1. The summed E-state index contributed by atoms with van der Waals surface area (Å²) in [4.78, 5) is 51.6. The number of likely N-dealkylation sites (N-methyl/N-ethyl adjacent to an activating group) is 1. The highest BCUT2D eigenvalue weighted by atomic mass is 35.5. The van der Waals surface area contributed by atoms with E-state index in [4.69, 9.17) is 10.5 Å². The van der Waals surface area contributed by atoms with Gasteiger partial charge in [0.25, 0.3) is 0 Å². The number of unbranched alkanes of at least 4 members (excludes halogenated alkanes) is 2. The molecular weight excluding hydrogens is 646 g/mol. The van der Waals surface area contributed by atoms with Gasteiger partial charge in [0.1, 0.15) is 16.9 Å². The Hall–Kier alpha value is -2.89. The van der Waals surface area contributed by atoms with Crippen molar-refractivity contribution < 1.29 is 45.9 Å². The van der Waals surface area contributed by atoms with Gasteiger partial charge >= 0.3 is 5.97 Å². The third-order valence-corrected chi connectivity index (χ3v) is 8.71. The lowest BCUT2D eigenvalue weighted by Gasteiger charge is -2.29. The van der Waals surface area contributed by atoms with Crippen molar-refractivity contribution in [2.75, 3.05) is 40.8 Å². The maximum absolute atomic E-state index is 13.1. The number of nitrogens with two attached hydrogens (primary N) is 1. The van der Waals surface area contributed by atoms with Crippen LogP contribution in [0.15, 0.2) is 12.1 Å². The predicted octanol–water partition coefficient (Wildman–Crippen LogP) is 1.95. The van der Waals surface area contributed by atoms with Crippen molar-refractivity contribution in [3.63, 3.8) is 0 Å². The number of esters is 1. The van der Waals surface area contributed by atoms with Gasteiger partial charge in [-0.05, 0) is 68.7 Å². The molecule has 2 rings (SSSR count). The third-order valence-electron chi connectivity index (χ3n) is 8.71. The highest BCUT2D eigenvalue weighted by molar-refractivity contribution is 5.93. The van der Waals surface area contributed by atoms with E-state index < -0.39 is 23.5 Å². The maximum Gasteiger partial charge on any atom is 0.342 e. The van der Waals surface area contributed by atoms with E-state index in [-0.39, 0.29) is 60.8 Å². The fraction of sp³-hybridized carbons (Fsp3) is 0.730. The summed E-state index contributed by atoms with van der Waals surface area (Å²) in [6, 6.07) is 2.11. The van der Waals surface area contributed by atoms with Crippen LogP contribution in [0.25, 0.3) is 0 Å². The molecule has 11 nitrogen and oxygen atoms in total. The predicted molar refractivity (Wildman–Crippen MR) is 189 cm³/mol. The van der Waals surface area contributed by atoms with Gasteiger partial charge in [-0.15, -0.1) is 0 Å². The van der Waals surface area contributed by atoms with Crippen LogP contribution in [0.2, 0.25) is 0 Å². The number of nitrogens with zero attached hydrogens (tertiary/aromatic N) is 2. The van der Waals surface area contributed by atoms with E-state index in [2.05, 4.69) is 10.7 Å². The van der Waals surface area contributed by atoms with Crippen LogP contribution >= 0.6 is 0 Å². The Balaban J connectivity index is 0.0000120. The molecule has 1 aliphatic rings. The number of quaternary nitrogens is 1. The zero-order valence-corrected chi connectivity index (χ0v) is 32.1. The number of aromatic hydroxyl groups is 1. The van der Waals surface area contributed by atoms with Crippen molar-refractivity contribution in [3.05, 3.63) is 28.8 Å². The first kappa shape index (κ1) is 44.1. The molecule has 1 aliphatic carbocycles. The van der Waals surface area contributed by atoms with Crippen molar-refractivity contribution in [2.45, 2.75) is 129 Å². The molecule has 1 aromatic rings. The first-order chi connectivity index (χ1) is 22.4. The monoisotopic (exact) mass is 709 g/mol. The van der Waals surface area contributed by atoms with E-state index in [9.17, 15) is 24.3 Å².